The zero-order chi connectivity index (χ0) is 22.0. The lowest BCUT2D eigenvalue weighted by Gasteiger charge is -2.28. The third-order valence-electron chi connectivity index (χ3n) is 5.90. The Bertz CT molecular complexity index is 991. The SMILES string of the molecule is CC(C)(COc1ccc2c(c1)C(c1ccc(F)cc1)=C(CN1CCCC1)CO2)C(=O)O. The first-order valence-corrected chi connectivity index (χ1v) is 10.7. The number of rotatable bonds is 7. The lowest BCUT2D eigenvalue weighted by molar-refractivity contribution is -0.148. The molecule has 0 spiro atoms. The molecule has 2 aliphatic heterocycles. The lowest BCUT2D eigenvalue weighted by atomic mass is 9.90. The highest BCUT2D eigenvalue weighted by atomic mass is 19.1. The predicted molar refractivity (Wildman–Crippen MR) is 117 cm³/mol. The summed E-state index contributed by atoms with van der Waals surface area (Å²) in [6, 6.07) is 12.1. The number of benzene rings is 2. The smallest absolute Gasteiger partial charge is 0.312 e. The van der Waals surface area contributed by atoms with Crippen molar-refractivity contribution in [3.05, 3.63) is 65.0 Å². The van der Waals surface area contributed by atoms with Gasteiger partial charge in [0.2, 0.25) is 0 Å². The van der Waals surface area contributed by atoms with Crippen LogP contribution in [0.4, 0.5) is 4.39 Å². The van der Waals surface area contributed by atoms with Gasteiger partial charge in [-0.3, -0.25) is 9.69 Å². The van der Waals surface area contributed by atoms with Gasteiger partial charge < -0.3 is 14.6 Å². The Morgan fingerprint density at radius 3 is 2.55 bits per heavy atom. The first kappa shape index (κ1) is 21.4. The van der Waals surface area contributed by atoms with Crippen LogP contribution in [0.3, 0.4) is 0 Å². The fraction of sp³-hybridized carbons (Fsp3) is 0.400. The van der Waals surface area contributed by atoms with Gasteiger partial charge in [0.25, 0.3) is 0 Å². The molecule has 2 heterocycles. The summed E-state index contributed by atoms with van der Waals surface area (Å²) < 4.78 is 25.5. The number of halogens is 1. The molecule has 0 unspecified atom stereocenters. The third-order valence-corrected chi connectivity index (χ3v) is 5.90. The summed E-state index contributed by atoms with van der Waals surface area (Å²) in [5, 5.41) is 9.35. The Morgan fingerprint density at radius 1 is 1.16 bits per heavy atom. The molecule has 6 heteroatoms. The van der Waals surface area contributed by atoms with E-state index in [9.17, 15) is 14.3 Å². The van der Waals surface area contributed by atoms with Gasteiger partial charge in [0, 0.05) is 12.1 Å². The van der Waals surface area contributed by atoms with Gasteiger partial charge in [-0.2, -0.15) is 0 Å². The molecule has 31 heavy (non-hydrogen) atoms. The highest BCUT2D eigenvalue weighted by Gasteiger charge is 2.29. The fourth-order valence-electron chi connectivity index (χ4n) is 3.98. The topological polar surface area (TPSA) is 59.0 Å². The fourth-order valence-corrected chi connectivity index (χ4v) is 3.98. The van der Waals surface area contributed by atoms with Crippen molar-refractivity contribution < 1.29 is 23.8 Å². The van der Waals surface area contributed by atoms with Crippen LogP contribution in [0.2, 0.25) is 0 Å². The average Bonchev–Trinajstić information content (AvgIpc) is 3.26. The van der Waals surface area contributed by atoms with Crippen LogP contribution in [-0.4, -0.2) is 48.8 Å². The largest absolute Gasteiger partial charge is 0.492 e. The Balaban J connectivity index is 1.71. The highest BCUT2D eigenvalue weighted by Crippen LogP contribution is 2.40. The van der Waals surface area contributed by atoms with Crippen LogP contribution in [0.25, 0.3) is 5.57 Å². The highest BCUT2D eigenvalue weighted by molar-refractivity contribution is 5.87. The van der Waals surface area contributed by atoms with Crippen molar-refractivity contribution in [1.29, 1.82) is 0 Å². The number of carbonyl (C=O) groups is 1. The van der Waals surface area contributed by atoms with E-state index in [0.717, 1.165) is 47.7 Å². The van der Waals surface area contributed by atoms with Crippen LogP contribution in [0, 0.1) is 11.2 Å². The molecule has 164 valence electrons. The van der Waals surface area contributed by atoms with Gasteiger partial charge in [0.05, 0.1) is 5.41 Å². The molecule has 0 bridgehead atoms. The van der Waals surface area contributed by atoms with Gasteiger partial charge in [-0.1, -0.05) is 12.1 Å². The van der Waals surface area contributed by atoms with E-state index < -0.39 is 11.4 Å². The van der Waals surface area contributed by atoms with E-state index in [-0.39, 0.29) is 12.4 Å². The summed E-state index contributed by atoms with van der Waals surface area (Å²) in [6.45, 7) is 6.76. The average molecular weight is 426 g/mol. The molecule has 0 radical (unpaired) electrons. The van der Waals surface area contributed by atoms with Gasteiger partial charge in [-0.05, 0) is 86.8 Å². The summed E-state index contributed by atoms with van der Waals surface area (Å²) in [7, 11) is 0. The number of carboxylic acids is 1. The standard InChI is InChI=1S/C25H28FNO4/c1-25(2,24(28)29)16-31-20-9-10-22-21(13-20)23(17-5-7-19(26)8-6-17)18(15-30-22)14-27-11-3-4-12-27/h5-10,13H,3-4,11-12,14-16H2,1-2H3,(H,28,29). The molecule has 1 N–H and O–H groups in total. The predicted octanol–water partition coefficient (Wildman–Crippen LogP) is 4.61. The number of fused-ring (bicyclic) bond motifs is 1. The number of hydrogen-bond donors (Lipinski definition) is 1. The van der Waals surface area contributed by atoms with E-state index in [2.05, 4.69) is 4.90 Å². The van der Waals surface area contributed by atoms with Gasteiger partial charge in [0.15, 0.2) is 0 Å². The quantitative estimate of drug-likeness (QED) is 0.702. The molecule has 2 aliphatic rings. The molecule has 5 nitrogen and oxygen atoms in total. The molecule has 0 amide bonds. The monoisotopic (exact) mass is 425 g/mol. The Hall–Kier alpha value is -2.86. The number of carboxylic acid groups (broad SMARTS) is 1. The maximum Gasteiger partial charge on any atom is 0.312 e. The molecule has 4 rings (SSSR count). The first-order valence-electron chi connectivity index (χ1n) is 10.7. The van der Waals surface area contributed by atoms with Crippen molar-refractivity contribution in [2.24, 2.45) is 5.41 Å². The van der Waals surface area contributed by atoms with Gasteiger partial charge in [0.1, 0.15) is 30.5 Å². The van der Waals surface area contributed by atoms with Gasteiger partial charge >= 0.3 is 5.97 Å². The van der Waals surface area contributed by atoms with Crippen molar-refractivity contribution in [3.63, 3.8) is 0 Å². The van der Waals surface area contributed by atoms with Crippen LogP contribution in [0.1, 0.15) is 37.8 Å². The van der Waals surface area contributed by atoms with Crippen molar-refractivity contribution in [2.75, 3.05) is 32.8 Å². The summed E-state index contributed by atoms with van der Waals surface area (Å²) >= 11 is 0. The second-order valence-corrected chi connectivity index (χ2v) is 8.89. The molecule has 2 aromatic rings. The van der Waals surface area contributed by atoms with Crippen LogP contribution < -0.4 is 9.47 Å². The van der Waals surface area contributed by atoms with Crippen molar-refractivity contribution >= 4 is 11.5 Å². The molecule has 2 aromatic carbocycles. The van der Waals surface area contributed by atoms with E-state index in [1.807, 2.05) is 12.1 Å². The number of hydrogen-bond acceptors (Lipinski definition) is 4. The normalized spacial score (nSPS) is 16.7. The first-order chi connectivity index (χ1) is 14.8. The minimum atomic E-state index is -0.997. The summed E-state index contributed by atoms with van der Waals surface area (Å²) in [4.78, 5) is 13.8. The number of nitrogens with zero attached hydrogens (tertiary/aromatic N) is 1. The second-order valence-electron chi connectivity index (χ2n) is 8.89. The van der Waals surface area contributed by atoms with Crippen LogP contribution in [-0.2, 0) is 4.79 Å². The molecule has 1 fully saturated rings. The van der Waals surface area contributed by atoms with Crippen LogP contribution >= 0.6 is 0 Å². The maximum absolute atomic E-state index is 13.6. The van der Waals surface area contributed by atoms with Crippen LogP contribution in [0.15, 0.2) is 48.0 Å². The van der Waals surface area contributed by atoms with E-state index in [0.29, 0.717) is 12.4 Å². The van der Waals surface area contributed by atoms with Crippen molar-refractivity contribution in [1.82, 2.24) is 4.90 Å². The molecular weight excluding hydrogens is 397 g/mol. The third kappa shape index (κ3) is 4.74. The molecule has 0 aliphatic carbocycles. The molecule has 0 saturated carbocycles. The van der Waals surface area contributed by atoms with E-state index in [1.54, 1.807) is 32.0 Å². The van der Waals surface area contributed by atoms with Gasteiger partial charge in [-0.15, -0.1) is 0 Å². The van der Waals surface area contributed by atoms with E-state index in [4.69, 9.17) is 9.47 Å². The zero-order valence-electron chi connectivity index (χ0n) is 18.0. The van der Waals surface area contributed by atoms with E-state index in [1.165, 1.54) is 25.0 Å². The number of likely N-dealkylation sites (tertiary alicyclic amines) is 1. The maximum atomic E-state index is 13.6. The zero-order valence-corrected chi connectivity index (χ0v) is 18.0. The Kier molecular flexibility index (Phi) is 6.01. The number of aliphatic carboxylic acids is 1. The van der Waals surface area contributed by atoms with Crippen molar-refractivity contribution in [2.45, 2.75) is 26.7 Å². The number of ether oxygens (including phenoxy) is 2. The molecule has 1 saturated heterocycles. The minimum Gasteiger partial charge on any atom is -0.492 e. The Morgan fingerprint density at radius 2 is 1.87 bits per heavy atom. The van der Waals surface area contributed by atoms with Gasteiger partial charge in [-0.25, -0.2) is 4.39 Å². The summed E-state index contributed by atoms with van der Waals surface area (Å²) in [5.41, 5.74) is 3.02. The minimum absolute atomic E-state index is 0.0538. The lowest BCUT2D eigenvalue weighted by Crippen LogP contribution is -2.30. The summed E-state index contributed by atoms with van der Waals surface area (Å²) in [6.07, 6.45) is 2.40. The molecule has 0 aromatic heterocycles. The summed E-state index contributed by atoms with van der Waals surface area (Å²) in [5.74, 6) is 0.146. The molecular formula is C25H28FNO4. The second kappa shape index (κ2) is 8.71. The molecule has 0 atom stereocenters. The van der Waals surface area contributed by atoms with Crippen molar-refractivity contribution in [3.8, 4) is 11.5 Å². The Labute approximate surface area is 182 Å². The van der Waals surface area contributed by atoms with E-state index >= 15 is 0 Å². The van der Waals surface area contributed by atoms with Crippen LogP contribution in [0.5, 0.6) is 11.5 Å².